The highest BCUT2D eigenvalue weighted by Gasteiger charge is 2.16. The third-order valence-electron chi connectivity index (χ3n) is 16.3. The molecule has 5 nitrogen and oxygen atoms in total. The van der Waals surface area contributed by atoms with E-state index >= 15 is 0 Å². The molecular weight excluding hydrogens is 1040 g/mol. The Morgan fingerprint density at radius 3 is 0.765 bits per heavy atom. The summed E-state index contributed by atoms with van der Waals surface area (Å²) in [6.07, 6.45) is 109. The first-order valence-corrected chi connectivity index (χ1v) is 36.9. The zero-order chi connectivity index (χ0) is 61.2. The first-order chi connectivity index (χ1) is 42.1. The molecule has 0 saturated carbocycles. The molecule has 1 N–H and O–H groups in total. The van der Waals surface area contributed by atoms with E-state index in [0.717, 1.165) is 103 Å². The minimum atomic E-state index is -0.782. The van der Waals surface area contributed by atoms with Crippen LogP contribution in [0.3, 0.4) is 0 Å². The molecule has 0 spiro atoms. The number of hydrogen-bond donors (Lipinski definition) is 1. The summed E-state index contributed by atoms with van der Waals surface area (Å²) in [6, 6.07) is 0. The molecule has 1 atom stereocenters. The van der Waals surface area contributed by atoms with Gasteiger partial charge in [-0.3, -0.25) is 9.59 Å². The van der Waals surface area contributed by atoms with Crippen molar-refractivity contribution in [3.05, 3.63) is 109 Å². The van der Waals surface area contributed by atoms with Crippen LogP contribution >= 0.6 is 0 Å². The molecule has 0 radical (unpaired) electrons. The number of aliphatic hydroxyl groups is 1. The van der Waals surface area contributed by atoms with Crippen LogP contribution in [0.1, 0.15) is 367 Å². The molecule has 0 heterocycles. The molecule has 1 unspecified atom stereocenters. The van der Waals surface area contributed by atoms with Crippen LogP contribution in [0.15, 0.2) is 109 Å². The third kappa shape index (κ3) is 72.9. The zero-order valence-electron chi connectivity index (χ0n) is 56.4. The monoisotopic (exact) mass is 1180 g/mol. The molecule has 490 valence electrons. The SMILES string of the molecule is CC/C=C\C/C=C\C/C=C\C/C=C\C/C=C\C/C=C\C/C=C\C/C=C\C/C=C\CCCCCCCCCCCC(=O)OC(CO)COC(=O)CCCCCCCCCCCCCCCCCCCCCCCCCCCCCCCCCCCC. The number of allylic oxidation sites excluding steroid dienone is 18. The normalized spacial score (nSPS) is 12.8. The number of ether oxygens (including phenoxy) is 2. The number of hydrogen-bond acceptors (Lipinski definition) is 5. The number of carbonyl (C=O) groups is 2. The molecule has 0 aliphatic rings. The number of unbranched alkanes of at least 4 members (excludes halogenated alkanes) is 42. The second kappa shape index (κ2) is 74.8. The van der Waals surface area contributed by atoms with Gasteiger partial charge in [0.1, 0.15) is 6.61 Å². The Labute approximate surface area is 529 Å². The average molecular weight is 1180 g/mol. The fraction of sp³-hybridized carbons (Fsp3) is 0.750. The Bertz CT molecular complexity index is 1620. The Morgan fingerprint density at radius 2 is 0.506 bits per heavy atom. The average Bonchev–Trinajstić information content (AvgIpc) is 3.52. The smallest absolute Gasteiger partial charge is 0.306 e. The summed E-state index contributed by atoms with van der Waals surface area (Å²) in [6.45, 7) is 4.06. The Hall–Kier alpha value is -3.44. The van der Waals surface area contributed by atoms with E-state index in [9.17, 15) is 14.7 Å². The van der Waals surface area contributed by atoms with Crippen LogP contribution in [0.25, 0.3) is 0 Å². The molecule has 0 aromatic rings. The second-order valence-corrected chi connectivity index (χ2v) is 24.7. The van der Waals surface area contributed by atoms with Gasteiger partial charge in [-0.25, -0.2) is 0 Å². The number of aliphatic hydroxyl groups excluding tert-OH is 1. The molecule has 0 bridgehead atoms. The molecule has 0 rings (SSSR count). The highest BCUT2D eigenvalue weighted by molar-refractivity contribution is 5.70. The molecule has 0 aromatic heterocycles. The topological polar surface area (TPSA) is 72.8 Å². The van der Waals surface area contributed by atoms with Crippen LogP contribution in [0.4, 0.5) is 0 Å². The summed E-state index contributed by atoms with van der Waals surface area (Å²) < 4.78 is 10.8. The molecule has 85 heavy (non-hydrogen) atoms. The van der Waals surface area contributed by atoms with Crippen LogP contribution in [-0.4, -0.2) is 36.4 Å². The van der Waals surface area contributed by atoms with Gasteiger partial charge in [-0.2, -0.15) is 0 Å². The summed E-state index contributed by atoms with van der Waals surface area (Å²) in [4.78, 5) is 24.7. The van der Waals surface area contributed by atoms with E-state index in [4.69, 9.17) is 9.47 Å². The largest absolute Gasteiger partial charge is 0.462 e. The Kier molecular flexibility index (Phi) is 71.8. The number of esters is 2. The molecule has 0 aliphatic heterocycles. The maximum atomic E-state index is 12.4. The lowest BCUT2D eigenvalue weighted by molar-refractivity contribution is -0.161. The fourth-order valence-electron chi connectivity index (χ4n) is 10.8. The van der Waals surface area contributed by atoms with E-state index in [1.165, 1.54) is 238 Å². The van der Waals surface area contributed by atoms with Crippen LogP contribution in [0.5, 0.6) is 0 Å². The van der Waals surface area contributed by atoms with E-state index < -0.39 is 6.10 Å². The van der Waals surface area contributed by atoms with Crippen molar-refractivity contribution in [1.82, 2.24) is 0 Å². The van der Waals surface area contributed by atoms with Crippen molar-refractivity contribution in [2.24, 2.45) is 0 Å². The Balaban J connectivity index is 3.48. The summed E-state index contributed by atoms with van der Waals surface area (Å²) >= 11 is 0. The Morgan fingerprint density at radius 1 is 0.282 bits per heavy atom. The third-order valence-corrected chi connectivity index (χ3v) is 16.3. The minimum Gasteiger partial charge on any atom is -0.462 e. The molecule has 5 heteroatoms. The molecule has 0 fully saturated rings. The lowest BCUT2D eigenvalue weighted by Crippen LogP contribution is -2.28. The first kappa shape index (κ1) is 81.6. The zero-order valence-corrected chi connectivity index (χ0v) is 56.4. The molecule has 0 aliphatic carbocycles. The maximum absolute atomic E-state index is 12.4. The number of carbonyl (C=O) groups excluding carboxylic acids is 2. The van der Waals surface area contributed by atoms with Crippen LogP contribution < -0.4 is 0 Å². The molecule has 0 aromatic carbocycles. The van der Waals surface area contributed by atoms with E-state index in [1.54, 1.807) is 0 Å². The first-order valence-electron chi connectivity index (χ1n) is 36.9. The van der Waals surface area contributed by atoms with Crippen molar-refractivity contribution in [1.29, 1.82) is 0 Å². The molecular formula is C80H140O5. The lowest BCUT2D eigenvalue weighted by Gasteiger charge is -2.15. The summed E-state index contributed by atoms with van der Waals surface area (Å²) in [7, 11) is 0. The van der Waals surface area contributed by atoms with Crippen molar-refractivity contribution in [3.8, 4) is 0 Å². The highest BCUT2D eigenvalue weighted by Crippen LogP contribution is 2.19. The van der Waals surface area contributed by atoms with E-state index in [1.807, 2.05) is 0 Å². The van der Waals surface area contributed by atoms with Crippen LogP contribution in [0.2, 0.25) is 0 Å². The summed E-state index contributed by atoms with van der Waals surface area (Å²) in [5.74, 6) is -0.586. The minimum absolute atomic E-state index is 0.0693. The van der Waals surface area contributed by atoms with Crippen molar-refractivity contribution >= 4 is 11.9 Å². The van der Waals surface area contributed by atoms with Crippen LogP contribution in [0, 0.1) is 0 Å². The van der Waals surface area contributed by atoms with E-state index in [2.05, 4.69) is 123 Å². The number of rotatable bonds is 68. The predicted molar refractivity (Wildman–Crippen MR) is 375 cm³/mol. The van der Waals surface area contributed by atoms with Crippen molar-refractivity contribution in [2.45, 2.75) is 373 Å². The maximum Gasteiger partial charge on any atom is 0.306 e. The van der Waals surface area contributed by atoms with Gasteiger partial charge in [0, 0.05) is 12.8 Å². The fourth-order valence-corrected chi connectivity index (χ4v) is 10.8. The van der Waals surface area contributed by atoms with Gasteiger partial charge >= 0.3 is 11.9 Å². The standard InChI is InChI=1S/C80H140O5/c1-3-5-7-9-11-13-15-17-19-21-23-25-27-29-31-33-35-37-39-40-41-43-45-47-49-51-53-55-57-59-61-63-65-67-69-71-73-75-80(83)85-78(76-81)77-84-79(82)74-72-70-68-66-64-62-60-58-56-54-52-50-48-46-44-42-38-36-34-32-30-28-26-24-22-20-18-16-14-12-10-8-6-4-2/h5,7,11,13,17,19,23,25,29,31,35,37,40-41,45,47,51,53,78,81H,3-4,6,8-10,12,14-16,18,20-22,24,26-28,30,32-34,36,38-39,42-44,46,48-50,52,54-77H2,1-2H3/b7-5-,13-11-,19-17-,25-23-,31-29-,37-35-,41-40-,47-45-,53-51-. The molecule has 0 saturated heterocycles. The van der Waals surface area contributed by atoms with E-state index in [-0.39, 0.29) is 25.2 Å². The second-order valence-electron chi connectivity index (χ2n) is 24.7. The van der Waals surface area contributed by atoms with Gasteiger partial charge in [0.15, 0.2) is 6.10 Å². The van der Waals surface area contributed by atoms with Gasteiger partial charge < -0.3 is 14.6 Å². The van der Waals surface area contributed by atoms with Crippen molar-refractivity contribution < 1.29 is 24.2 Å². The van der Waals surface area contributed by atoms with E-state index in [0.29, 0.717) is 12.8 Å². The van der Waals surface area contributed by atoms with Gasteiger partial charge in [-0.1, -0.05) is 380 Å². The van der Waals surface area contributed by atoms with Crippen molar-refractivity contribution in [3.63, 3.8) is 0 Å². The molecule has 0 amide bonds. The quantitative estimate of drug-likeness (QED) is 0.0373. The lowest BCUT2D eigenvalue weighted by atomic mass is 10.0. The van der Waals surface area contributed by atoms with Gasteiger partial charge in [0.2, 0.25) is 0 Å². The van der Waals surface area contributed by atoms with Gasteiger partial charge in [0.25, 0.3) is 0 Å². The van der Waals surface area contributed by atoms with Gasteiger partial charge in [-0.05, 0) is 83.5 Å². The summed E-state index contributed by atoms with van der Waals surface area (Å²) in [5.41, 5.74) is 0. The van der Waals surface area contributed by atoms with Gasteiger partial charge in [-0.15, -0.1) is 0 Å². The van der Waals surface area contributed by atoms with Gasteiger partial charge in [0.05, 0.1) is 6.61 Å². The summed E-state index contributed by atoms with van der Waals surface area (Å²) in [5, 5.41) is 9.71. The predicted octanol–water partition coefficient (Wildman–Crippen LogP) is 25.9. The highest BCUT2D eigenvalue weighted by atomic mass is 16.6. The van der Waals surface area contributed by atoms with Crippen molar-refractivity contribution in [2.75, 3.05) is 13.2 Å². The van der Waals surface area contributed by atoms with Crippen LogP contribution in [-0.2, 0) is 19.1 Å².